The number of amides is 1. The van der Waals surface area contributed by atoms with Crippen LogP contribution in [0.2, 0.25) is 5.02 Å². The van der Waals surface area contributed by atoms with Crippen molar-refractivity contribution >= 4 is 46.1 Å². The normalized spacial score (nSPS) is 19.7. The molecule has 8 heteroatoms. The predicted octanol–water partition coefficient (Wildman–Crippen LogP) is 9.06. The van der Waals surface area contributed by atoms with Gasteiger partial charge < -0.3 is 19.3 Å². The van der Waals surface area contributed by atoms with E-state index in [1.165, 1.54) is 5.56 Å². The fourth-order valence-electron chi connectivity index (χ4n) is 6.73. The summed E-state index contributed by atoms with van der Waals surface area (Å²) in [5.41, 5.74) is 3.42. The molecule has 1 saturated carbocycles. The lowest BCUT2D eigenvalue weighted by atomic mass is 9.88. The first kappa shape index (κ1) is 33.5. The summed E-state index contributed by atoms with van der Waals surface area (Å²) in [4.78, 5) is 29.0. The molecule has 3 aromatic carbocycles. The van der Waals surface area contributed by atoms with E-state index in [-0.39, 0.29) is 22.6 Å². The minimum Gasteiger partial charge on any atom is -0.491 e. The summed E-state index contributed by atoms with van der Waals surface area (Å²) in [6.07, 6.45) is 3.23. The minimum atomic E-state index is -0.960. The number of aliphatic carboxylic acids is 1. The van der Waals surface area contributed by atoms with Crippen molar-refractivity contribution in [2.75, 3.05) is 13.2 Å². The summed E-state index contributed by atoms with van der Waals surface area (Å²) in [7, 11) is 0. The second kappa shape index (κ2) is 13.2. The zero-order valence-electron chi connectivity index (χ0n) is 28.0. The van der Waals surface area contributed by atoms with Gasteiger partial charge in [-0.3, -0.25) is 9.59 Å². The van der Waals surface area contributed by atoms with Crippen molar-refractivity contribution in [3.05, 3.63) is 94.6 Å². The van der Waals surface area contributed by atoms with Crippen molar-refractivity contribution in [3.63, 3.8) is 0 Å². The lowest BCUT2D eigenvalue weighted by Crippen LogP contribution is -2.40. The van der Waals surface area contributed by atoms with Gasteiger partial charge in [0.25, 0.3) is 0 Å². The number of hydrogen-bond donors (Lipinski definition) is 1. The number of aromatic nitrogens is 1. The SMILES string of the molecule is CC(C)(C)Sc1c(CC(C)(C)C(=O)O)n(Cc2ccc(Cl)cc2)c2ccc(OCC3CCCN3C(=O)[C@@H]3CC3c3ccccc3)cc12. The summed E-state index contributed by atoms with van der Waals surface area (Å²) in [6, 6.07) is 24.4. The third kappa shape index (κ3) is 7.52. The van der Waals surface area contributed by atoms with Crippen LogP contribution in [-0.2, 0) is 22.6 Å². The molecule has 1 aromatic heterocycles. The zero-order valence-corrected chi connectivity index (χ0v) is 29.5. The number of carboxylic acid groups (broad SMARTS) is 1. The molecule has 2 heterocycles. The standard InChI is InChI=1S/C39H45ClN2O4S/c1-38(2,3)47-35-32-20-29(46-24-28-12-9-19-41(28)36(43)31-21-30(31)26-10-7-6-8-11-26)17-18-33(32)42(23-25-13-15-27(40)16-14-25)34(35)22-39(4,5)37(44)45/h6-8,10-11,13-18,20,28,30-31H,9,12,19,21-24H2,1-5H3,(H,44,45)/t28?,30?,31-/m1/s1. The Labute approximate surface area is 287 Å². The average molecular weight is 673 g/mol. The highest BCUT2D eigenvalue weighted by atomic mass is 35.5. The van der Waals surface area contributed by atoms with E-state index in [9.17, 15) is 14.7 Å². The summed E-state index contributed by atoms with van der Waals surface area (Å²) in [5, 5.41) is 11.9. The maximum atomic E-state index is 13.6. The Morgan fingerprint density at radius 1 is 1.00 bits per heavy atom. The molecule has 4 aromatic rings. The quantitative estimate of drug-likeness (QED) is 0.161. The fourth-order valence-corrected chi connectivity index (χ4v) is 8.04. The first-order chi connectivity index (χ1) is 22.3. The van der Waals surface area contributed by atoms with Crippen molar-refractivity contribution in [1.29, 1.82) is 0 Å². The van der Waals surface area contributed by atoms with Crippen LogP contribution in [0.3, 0.4) is 0 Å². The average Bonchev–Trinajstić information content (AvgIpc) is 3.62. The van der Waals surface area contributed by atoms with Crippen LogP contribution in [0.25, 0.3) is 10.9 Å². The van der Waals surface area contributed by atoms with Gasteiger partial charge in [0.2, 0.25) is 5.91 Å². The number of carbonyl (C=O) groups excluding carboxylic acids is 1. The highest BCUT2D eigenvalue weighted by Gasteiger charge is 2.47. The first-order valence-electron chi connectivity index (χ1n) is 16.6. The lowest BCUT2D eigenvalue weighted by Gasteiger charge is -2.25. The van der Waals surface area contributed by atoms with Gasteiger partial charge in [-0.15, -0.1) is 11.8 Å². The zero-order chi connectivity index (χ0) is 33.5. The molecule has 6 nitrogen and oxygen atoms in total. The molecule has 1 aliphatic carbocycles. The van der Waals surface area contributed by atoms with E-state index in [0.717, 1.165) is 58.6 Å². The number of hydrogen-bond acceptors (Lipinski definition) is 4. The summed E-state index contributed by atoms with van der Waals surface area (Å²) in [5.74, 6) is 0.584. The molecule has 0 radical (unpaired) electrons. The molecular weight excluding hydrogens is 628 g/mol. The number of thioether (sulfide) groups is 1. The molecule has 1 amide bonds. The van der Waals surface area contributed by atoms with Gasteiger partial charge in [0, 0.05) is 56.7 Å². The number of halogens is 1. The van der Waals surface area contributed by atoms with Gasteiger partial charge in [-0.2, -0.15) is 0 Å². The third-order valence-electron chi connectivity index (χ3n) is 9.38. The van der Waals surface area contributed by atoms with Crippen LogP contribution in [-0.4, -0.2) is 50.4 Å². The Morgan fingerprint density at radius 2 is 1.72 bits per heavy atom. The Hall–Kier alpha value is -3.42. The van der Waals surface area contributed by atoms with Crippen LogP contribution in [0, 0.1) is 11.3 Å². The topological polar surface area (TPSA) is 71.8 Å². The van der Waals surface area contributed by atoms with E-state index in [2.05, 4.69) is 54.5 Å². The van der Waals surface area contributed by atoms with Gasteiger partial charge in [-0.1, -0.05) is 74.8 Å². The molecule has 6 rings (SSSR count). The van der Waals surface area contributed by atoms with E-state index in [4.69, 9.17) is 16.3 Å². The monoisotopic (exact) mass is 672 g/mol. The maximum Gasteiger partial charge on any atom is 0.309 e. The smallest absolute Gasteiger partial charge is 0.309 e. The molecule has 1 saturated heterocycles. The number of carboxylic acids is 1. The first-order valence-corrected chi connectivity index (χ1v) is 17.8. The van der Waals surface area contributed by atoms with Crippen LogP contribution >= 0.6 is 23.4 Å². The van der Waals surface area contributed by atoms with Gasteiger partial charge in [-0.25, -0.2) is 0 Å². The van der Waals surface area contributed by atoms with Crippen LogP contribution < -0.4 is 4.74 Å². The number of rotatable bonds is 11. The molecule has 0 spiro atoms. The second-order valence-corrected chi connectivity index (χ2v) is 17.0. The van der Waals surface area contributed by atoms with Crippen LogP contribution in [0.4, 0.5) is 0 Å². The summed E-state index contributed by atoms with van der Waals surface area (Å²) >= 11 is 7.96. The number of ether oxygens (including phenoxy) is 1. The maximum absolute atomic E-state index is 13.6. The minimum absolute atomic E-state index is 0.0556. The van der Waals surface area contributed by atoms with Gasteiger partial charge >= 0.3 is 5.97 Å². The van der Waals surface area contributed by atoms with Crippen LogP contribution in [0.5, 0.6) is 5.75 Å². The van der Waals surface area contributed by atoms with E-state index >= 15 is 0 Å². The summed E-state index contributed by atoms with van der Waals surface area (Å²) < 4.78 is 8.63. The third-order valence-corrected chi connectivity index (χ3v) is 10.9. The van der Waals surface area contributed by atoms with Crippen molar-refractivity contribution in [3.8, 4) is 5.75 Å². The van der Waals surface area contributed by atoms with Gasteiger partial charge in [0.1, 0.15) is 12.4 Å². The van der Waals surface area contributed by atoms with Crippen LogP contribution in [0.15, 0.2) is 77.7 Å². The van der Waals surface area contributed by atoms with E-state index in [0.29, 0.717) is 30.5 Å². The number of fused-ring (bicyclic) bond motifs is 1. The van der Waals surface area contributed by atoms with Crippen molar-refractivity contribution in [2.24, 2.45) is 11.3 Å². The molecule has 47 heavy (non-hydrogen) atoms. The number of carbonyl (C=O) groups is 2. The molecule has 1 aliphatic heterocycles. The lowest BCUT2D eigenvalue weighted by molar-refractivity contribution is -0.146. The highest BCUT2D eigenvalue weighted by Crippen LogP contribution is 2.49. The molecule has 0 bridgehead atoms. The summed E-state index contributed by atoms with van der Waals surface area (Å²) in [6.45, 7) is 11.9. The molecule has 2 unspecified atom stereocenters. The Balaban J connectivity index is 1.29. The number of nitrogens with zero attached hydrogens (tertiary/aromatic N) is 2. The molecule has 1 N–H and O–H groups in total. The Bertz CT molecular complexity index is 1760. The van der Waals surface area contributed by atoms with Gasteiger partial charge in [0.05, 0.1) is 11.5 Å². The van der Waals surface area contributed by atoms with Crippen LogP contribution in [0.1, 0.15) is 76.6 Å². The highest BCUT2D eigenvalue weighted by molar-refractivity contribution is 8.00. The van der Waals surface area contributed by atoms with Gasteiger partial charge in [-0.05, 0) is 80.5 Å². The van der Waals surface area contributed by atoms with Crippen molar-refractivity contribution in [2.45, 2.75) is 88.4 Å². The Morgan fingerprint density at radius 3 is 2.40 bits per heavy atom. The fraction of sp³-hybridized carbons (Fsp3) is 0.436. The Kier molecular flexibility index (Phi) is 9.43. The molecule has 2 aliphatic rings. The van der Waals surface area contributed by atoms with Crippen molar-refractivity contribution in [1.82, 2.24) is 9.47 Å². The molecule has 248 valence electrons. The van der Waals surface area contributed by atoms with Gasteiger partial charge in [0.15, 0.2) is 0 Å². The van der Waals surface area contributed by atoms with E-state index in [1.54, 1.807) is 25.6 Å². The van der Waals surface area contributed by atoms with E-state index < -0.39 is 11.4 Å². The number of likely N-dealkylation sites (tertiary alicyclic amines) is 1. The molecule has 3 atom stereocenters. The second-order valence-electron chi connectivity index (χ2n) is 14.7. The number of benzene rings is 3. The largest absolute Gasteiger partial charge is 0.491 e. The molecule has 2 fully saturated rings. The van der Waals surface area contributed by atoms with Crippen molar-refractivity contribution < 1.29 is 19.4 Å². The predicted molar refractivity (Wildman–Crippen MR) is 191 cm³/mol. The molecular formula is C39H45ClN2O4S. The van der Waals surface area contributed by atoms with E-state index in [1.807, 2.05) is 48.5 Å².